The fraction of sp³-hybridized carbons (Fsp3) is 0.364. The van der Waals surface area contributed by atoms with Crippen LogP contribution >= 0.6 is 39.9 Å². The first-order valence-corrected chi connectivity index (χ1v) is 6.35. The van der Waals surface area contributed by atoms with Gasteiger partial charge >= 0.3 is 0 Å². The molecule has 18 heavy (non-hydrogen) atoms. The number of nitrogens with two attached hydrogens (primary N) is 1. The van der Waals surface area contributed by atoms with Gasteiger partial charge in [0.05, 0.1) is 10.6 Å². The van der Waals surface area contributed by atoms with E-state index in [0.717, 1.165) is 12.5 Å². The molecule has 7 heteroatoms. The molecule has 1 saturated heterocycles. The van der Waals surface area contributed by atoms with E-state index in [1.807, 2.05) is 0 Å². The van der Waals surface area contributed by atoms with Crippen molar-refractivity contribution in [2.75, 3.05) is 13.1 Å². The maximum Gasteiger partial charge on any atom is 0.256 e. The van der Waals surface area contributed by atoms with Crippen LogP contribution in [-0.4, -0.2) is 29.9 Å². The van der Waals surface area contributed by atoms with E-state index in [0.29, 0.717) is 17.6 Å². The van der Waals surface area contributed by atoms with E-state index < -0.39 is 5.82 Å². The molecule has 0 radical (unpaired) electrons. The Balaban J connectivity index is 0.00000162. The summed E-state index contributed by atoms with van der Waals surface area (Å²) in [6.45, 7) is 1.04. The number of nitrogens with zero attached hydrogens (tertiary/aromatic N) is 1. The van der Waals surface area contributed by atoms with Gasteiger partial charge < -0.3 is 10.6 Å². The van der Waals surface area contributed by atoms with Gasteiger partial charge in [0.1, 0.15) is 5.82 Å². The Morgan fingerprint density at radius 2 is 2.22 bits per heavy atom. The number of carbonyl (C=O) groups is 1. The molecule has 1 heterocycles. The van der Waals surface area contributed by atoms with Gasteiger partial charge in [0.2, 0.25) is 0 Å². The van der Waals surface area contributed by atoms with E-state index >= 15 is 0 Å². The summed E-state index contributed by atoms with van der Waals surface area (Å²) < 4.78 is 14.2. The average molecular weight is 358 g/mol. The van der Waals surface area contributed by atoms with Gasteiger partial charge in [-0.3, -0.25) is 4.79 Å². The summed E-state index contributed by atoms with van der Waals surface area (Å²) in [6, 6.07) is 2.52. The van der Waals surface area contributed by atoms with Crippen molar-refractivity contribution < 1.29 is 9.18 Å². The van der Waals surface area contributed by atoms with Crippen LogP contribution in [0.15, 0.2) is 16.6 Å². The summed E-state index contributed by atoms with van der Waals surface area (Å²) in [4.78, 5) is 13.6. The van der Waals surface area contributed by atoms with Crippen molar-refractivity contribution in [3.8, 4) is 0 Å². The van der Waals surface area contributed by atoms with Crippen LogP contribution in [0, 0.1) is 5.82 Å². The molecule has 0 aliphatic carbocycles. The summed E-state index contributed by atoms with van der Waals surface area (Å²) >= 11 is 8.92. The third-order valence-corrected chi connectivity index (χ3v) is 3.95. The zero-order valence-corrected chi connectivity index (χ0v) is 12.5. The Labute approximate surface area is 124 Å². The highest BCUT2D eigenvalue weighted by Gasteiger charge is 2.26. The molecular weight excluding hydrogens is 346 g/mol. The third-order valence-electron chi connectivity index (χ3n) is 2.75. The van der Waals surface area contributed by atoms with E-state index in [1.54, 1.807) is 4.90 Å². The van der Waals surface area contributed by atoms with Gasteiger partial charge in [-0.25, -0.2) is 4.39 Å². The van der Waals surface area contributed by atoms with Crippen LogP contribution in [0.2, 0.25) is 5.02 Å². The topological polar surface area (TPSA) is 46.3 Å². The van der Waals surface area contributed by atoms with Gasteiger partial charge in [-0.15, -0.1) is 12.4 Å². The minimum absolute atomic E-state index is 0. The van der Waals surface area contributed by atoms with Gasteiger partial charge in [-0.05, 0) is 34.5 Å². The Morgan fingerprint density at radius 3 is 2.78 bits per heavy atom. The zero-order valence-electron chi connectivity index (χ0n) is 9.33. The van der Waals surface area contributed by atoms with Gasteiger partial charge in [0, 0.05) is 23.6 Å². The van der Waals surface area contributed by atoms with Crippen molar-refractivity contribution in [3.63, 3.8) is 0 Å². The quantitative estimate of drug-likeness (QED) is 0.785. The number of rotatable bonds is 1. The van der Waals surface area contributed by atoms with Crippen LogP contribution in [0.25, 0.3) is 0 Å². The summed E-state index contributed by atoms with van der Waals surface area (Å²) in [5, 5.41) is 0.247. The fourth-order valence-electron chi connectivity index (χ4n) is 1.83. The van der Waals surface area contributed by atoms with Gasteiger partial charge in [-0.2, -0.15) is 0 Å². The number of hydrogen-bond acceptors (Lipinski definition) is 2. The number of halogens is 4. The predicted molar refractivity (Wildman–Crippen MR) is 74.9 cm³/mol. The minimum atomic E-state index is -0.608. The highest BCUT2D eigenvalue weighted by molar-refractivity contribution is 9.10. The predicted octanol–water partition coefficient (Wildman–Crippen LogP) is 2.84. The fourth-order valence-corrected chi connectivity index (χ4v) is 2.32. The van der Waals surface area contributed by atoms with Crippen LogP contribution < -0.4 is 5.73 Å². The molecule has 100 valence electrons. The standard InChI is InChI=1S/C11H11BrClFN2O.ClH/c12-8-3-7(10(14)4-9(8)13)11(17)16-2-1-6(15)5-16;/h3-4,6H,1-2,5,15H2;1H/t6-;/m1./s1. The van der Waals surface area contributed by atoms with Crippen LogP contribution in [0.4, 0.5) is 4.39 Å². The zero-order chi connectivity index (χ0) is 12.6. The highest BCUT2D eigenvalue weighted by atomic mass is 79.9. The molecular formula is C11H12BrCl2FN2O. The van der Waals surface area contributed by atoms with Gasteiger partial charge in [-0.1, -0.05) is 11.6 Å². The largest absolute Gasteiger partial charge is 0.337 e. The lowest BCUT2D eigenvalue weighted by Gasteiger charge is -2.16. The number of hydrogen-bond donors (Lipinski definition) is 1. The maximum absolute atomic E-state index is 13.6. The molecule has 3 nitrogen and oxygen atoms in total. The Morgan fingerprint density at radius 1 is 1.56 bits per heavy atom. The molecule has 1 aromatic rings. The maximum atomic E-state index is 13.6. The number of likely N-dealkylation sites (tertiary alicyclic amines) is 1. The second-order valence-electron chi connectivity index (χ2n) is 4.05. The molecule has 1 fully saturated rings. The lowest BCUT2D eigenvalue weighted by Crippen LogP contribution is -2.32. The normalized spacial score (nSPS) is 18.7. The minimum Gasteiger partial charge on any atom is -0.337 e. The Kier molecular flexibility index (Phi) is 5.40. The second-order valence-corrected chi connectivity index (χ2v) is 5.31. The van der Waals surface area contributed by atoms with Crippen molar-refractivity contribution in [2.24, 2.45) is 5.73 Å². The lowest BCUT2D eigenvalue weighted by molar-refractivity contribution is 0.0786. The van der Waals surface area contributed by atoms with E-state index in [-0.39, 0.29) is 34.9 Å². The molecule has 1 aliphatic rings. The van der Waals surface area contributed by atoms with Crippen LogP contribution in [-0.2, 0) is 0 Å². The van der Waals surface area contributed by atoms with Crippen molar-refractivity contribution in [3.05, 3.63) is 33.0 Å². The van der Waals surface area contributed by atoms with Gasteiger partial charge in [0.25, 0.3) is 5.91 Å². The molecule has 1 aromatic carbocycles. The molecule has 0 bridgehead atoms. The molecule has 1 atom stereocenters. The Hall–Kier alpha value is -0.360. The van der Waals surface area contributed by atoms with Crippen LogP contribution in [0.3, 0.4) is 0 Å². The first-order valence-electron chi connectivity index (χ1n) is 5.18. The number of amides is 1. The van der Waals surface area contributed by atoms with Crippen molar-refractivity contribution in [1.82, 2.24) is 4.90 Å². The molecule has 0 saturated carbocycles. The molecule has 2 N–H and O–H groups in total. The van der Waals surface area contributed by atoms with Crippen molar-refractivity contribution >= 4 is 45.8 Å². The smallest absolute Gasteiger partial charge is 0.256 e. The van der Waals surface area contributed by atoms with Gasteiger partial charge in [0.15, 0.2) is 0 Å². The van der Waals surface area contributed by atoms with E-state index in [2.05, 4.69) is 15.9 Å². The lowest BCUT2D eigenvalue weighted by atomic mass is 10.2. The monoisotopic (exact) mass is 356 g/mol. The number of carbonyl (C=O) groups excluding carboxylic acids is 1. The summed E-state index contributed by atoms with van der Waals surface area (Å²) in [5.74, 6) is -0.948. The summed E-state index contributed by atoms with van der Waals surface area (Å²) in [6.07, 6.45) is 0.752. The molecule has 0 aromatic heterocycles. The van der Waals surface area contributed by atoms with E-state index in [1.165, 1.54) is 6.07 Å². The molecule has 1 aliphatic heterocycles. The molecule has 1 amide bonds. The first kappa shape index (κ1) is 15.7. The van der Waals surface area contributed by atoms with Crippen molar-refractivity contribution in [2.45, 2.75) is 12.5 Å². The van der Waals surface area contributed by atoms with E-state index in [9.17, 15) is 9.18 Å². The van der Waals surface area contributed by atoms with Crippen molar-refractivity contribution in [1.29, 1.82) is 0 Å². The van der Waals surface area contributed by atoms with Crippen LogP contribution in [0.5, 0.6) is 0 Å². The van der Waals surface area contributed by atoms with E-state index in [4.69, 9.17) is 17.3 Å². The first-order chi connectivity index (χ1) is 7.99. The third kappa shape index (κ3) is 3.15. The number of benzene rings is 1. The summed E-state index contributed by atoms with van der Waals surface area (Å²) in [7, 11) is 0. The highest BCUT2D eigenvalue weighted by Crippen LogP contribution is 2.27. The average Bonchev–Trinajstić information content (AvgIpc) is 2.69. The summed E-state index contributed by atoms with van der Waals surface area (Å²) in [5.41, 5.74) is 5.74. The SMILES string of the molecule is Cl.N[C@@H]1CCN(C(=O)c2cc(Br)c(Cl)cc2F)C1. The second kappa shape index (κ2) is 6.19. The van der Waals surface area contributed by atoms with Crippen LogP contribution in [0.1, 0.15) is 16.8 Å². The Bertz CT molecular complexity index is 473. The molecule has 0 spiro atoms. The molecule has 0 unspecified atom stereocenters. The molecule has 2 rings (SSSR count).